The first kappa shape index (κ1) is 5.17. The van der Waals surface area contributed by atoms with Gasteiger partial charge in [0, 0.05) is 10.8 Å². The Balaban J connectivity index is 2.54. The minimum atomic E-state index is 1.32. The minimum Gasteiger partial charge on any atom is -0.150 e. The lowest BCUT2D eigenvalue weighted by Crippen LogP contribution is -1.61. The van der Waals surface area contributed by atoms with Crippen LogP contribution in [0.3, 0.4) is 0 Å². The van der Waals surface area contributed by atoms with E-state index in [1.54, 1.807) is 35.2 Å². The monoisotopic (exact) mass is 160 g/mol. The molecule has 0 unspecified atom stereocenters. The highest BCUT2D eigenvalue weighted by Gasteiger charge is 2.12. The molecule has 2 heterocycles. The highest BCUT2D eigenvalue weighted by atomic mass is 32.2. The smallest absolute Gasteiger partial charge is 0.0510 e. The molecule has 1 aromatic heterocycles. The largest absolute Gasteiger partial charge is 0.150 e. The van der Waals surface area contributed by atoms with Crippen molar-refractivity contribution in [3.05, 3.63) is 10.8 Å². The van der Waals surface area contributed by atoms with E-state index >= 15 is 0 Å². The van der Waals surface area contributed by atoms with Crippen LogP contribution >= 0.6 is 35.2 Å². The molecule has 4 heteroatoms. The van der Waals surface area contributed by atoms with Gasteiger partial charge in [-0.1, -0.05) is 4.13 Å². The van der Waals surface area contributed by atoms with Crippen LogP contribution in [0.25, 0.3) is 0 Å². The second kappa shape index (κ2) is 1.95. The molecule has 1 radical (unpaired) electrons. The molecule has 2 rings (SSSR count). The maximum atomic E-state index is 4.05. The van der Waals surface area contributed by atoms with E-state index < -0.39 is 0 Å². The summed E-state index contributed by atoms with van der Waals surface area (Å²) in [4.78, 5) is 2.64. The highest BCUT2D eigenvalue weighted by molar-refractivity contribution is 8.15. The Morgan fingerprint density at radius 2 is 1.75 bits per heavy atom. The van der Waals surface area contributed by atoms with Gasteiger partial charge in [0.25, 0.3) is 0 Å². The van der Waals surface area contributed by atoms with Gasteiger partial charge in [-0.25, -0.2) is 0 Å². The third kappa shape index (κ3) is 0.683. The van der Waals surface area contributed by atoms with Crippen molar-refractivity contribution in [3.8, 4) is 0 Å². The summed E-state index contributed by atoms with van der Waals surface area (Å²) < 4.78 is 4.05. The van der Waals surface area contributed by atoms with Gasteiger partial charge in [-0.2, -0.15) is 0 Å². The molecule has 0 bridgehead atoms. The topological polar surface area (TPSA) is 14.1 Å². The number of nitrogens with zero attached hydrogens (tertiary/aromatic N) is 1. The summed E-state index contributed by atoms with van der Waals surface area (Å²) in [5.74, 6) is 0. The van der Waals surface area contributed by atoms with E-state index in [9.17, 15) is 0 Å². The van der Waals surface area contributed by atoms with Gasteiger partial charge in [0.1, 0.15) is 0 Å². The summed E-state index contributed by atoms with van der Waals surface area (Å²) in [6, 6.07) is 0. The normalized spacial score (nSPS) is 16.5. The zero-order valence-corrected chi connectivity index (χ0v) is 6.28. The van der Waals surface area contributed by atoms with Crippen molar-refractivity contribution in [3.63, 3.8) is 0 Å². The van der Waals surface area contributed by atoms with E-state index in [-0.39, 0.29) is 0 Å². The first-order chi connectivity index (χ1) is 3.97. The maximum Gasteiger partial charge on any atom is 0.0510 e. The predicted molar refractivity (Wildman–Crippen MR) is 38.2 cm³/mol. The molecule has 41 valence electrons. The average molecular weight is 160 g/mol. The van der Waals surface area contributed by atoms with E-state index in [1.165, 1.54) is 9.79 Å². The molecule has 0 aromatic carbocycles. The van der Waals surface area contributed by atoms with Gasteiger partial charge in [-0.05, 0) is 23.9 Å². The summed E-state index contributed by atoms with van der Waals surface area (Å²) in [5, 5.41) is 4.26. The number of hydrogen-bond acceptors (Lipinski definition) is 3. The van der Waals surface area contributed by atoms with Gasteiger partial charge in [0.2, 0.25) is 0 Å². The molecule has 0 atom stereocenters. The average Bonchev–Trinajstić information content (AvgIpc) is 2.15. The molecule has 8 heavy (non-hydrogen) atoms. The Kier molecular flexibility index (Phi) is 1.26. The fourth-order valence-corrected chi connectivity index (χ4v) is 3.21. The van der Waals surface area contributed by atoms with Gasteiger partial charge in [0.15, 0.2) is 0 Å². The minimum absolute atomic E-state index is 1.32. The molecular weight excluding hydrogens is 158 g/mol. The maximum absolute atomic E-state index is 4.05. The second-order valence-electron chi connectivity index (χ2n) is 1.36. The lowest BCUT2D eigenvalue weighted by atomic mass is 10.7. The van der Waals surface area contributed by atoms with Crippen LogP contribution in [0.2, 0.25) is 0 Å². The van der Waals surface area contributed by atoms with Crippen molar-refractivity contribution in [1.82, 2.24) is 4.13 Å². The Morgan fingerprint density at radius 1 is 1.12 bits per heavy atom. The summed E-state index contributed by atoms with van der Waals surface area (Å²) in [5.41, 5.74) is 0. The van der Waals surface area contributed by atoms with Gasteiger partial charge in [0.05, 0.1) is 9.79 Å². The van der Waals surface area contributed by atoms with Crippen molar-refractivity contribution in [2.24, 2.45) is 0 Å². The van der Waals surface area contributed by atoms with Crippen molar-refractivity contribution >= 4 is 35.2 Å². The van der Waals surface area contributed by atoms with Crippen molar-refractivity contribution in [2.45, 2.75) is 9.79 Å². The van der Waals surface area contributed by atoms with Crippen LogP contribution in [0.1, 0.15) is 0 Å². The van der Waals surface area contributed by atoms with E-state index in [2.05, 4.69) is 14.9 Å². The van der Waals surface area contributed by atoms with Gasteiger partial charge in [-0.15, -0.1) is 11.3 Å². The van der Waals surface area contributed by atoms with Crippen LogP contribution < -0.4 is 4.13 Å². The van der Waals surface area contributed by atoms with E-state index in [0.717, 1.165) is 0 Å². The van der Waals surface area contributed by atoms with Crippen molar-refractivity contribution in [1.29, 1.82) is 0 Å². The molecule has 1 aliphatic heterocycles. The Hall–Kier alpha value is 0.360. The van der Waals surface area contributed by atoms with Crippen LogP contribution in [0.15, 0.2) is 20.6 Å². The van der Waals surface area contributed by atoms with Gasteiger partial charge >= 0.3 is 0 Å². The molecule has 0 fully saturated rings. The molecule has 1 aromatic rings. The zero-order valence-electron chi connectivity index (χ0n) is 3.83. The van der Waals surface area contributed by atoms with Crippen molar-refractivity contribution in [2.75, 3.05) is 0 Å². The van der Waals surface area contributed by atoms with Crippen LogP contribution in [0, 0.1) is 0 Å². The number of hydrogen-bond donors (Lipinski definition) is 0. The molecule has 0 saturated carbocycles. The molecule has 0 spiro atoms. The molecule has 0 aliphatic carbocycles. The third-order valence-corrected chi connectivity index (χ3v) is 3.70. The number of fused-ring (bicyclic) bond motifs is 1. The second-order valence-corrected chi connectivity index (χ2v) is 3.94. The zero-order chi connectivity index (χ0) is 5.40. The Labute approximate surface area is 60.1 Å². The molecule has 0 amide bonds. The van der Waals surface area contributed by atoms with E-state index in [1.807, 2.05) is 0 Å². The Bertz CT molecular complexity index is 176. The SMILES string of the molecule is c1scc2c1S[N]S2. The third-order valence-electron chi connectivity index (χ3n) is 0.864. The van der Waals surface area contributed by atoms with E-state index in [4.69, 9.17) is 0 Å². The molecule has 0 saturated heterocycles. The standard InChI is InChI=1S/C4H2NS3/c1-3-4(2-6-1)8-5-7-3/h1-2H. The van der Waals surface area contributed by atoms with Crippen LogP contribution in [-0.2, 0) is 0 Å². The Morgan fingerprint density at radius 3 is 2.38 bits per heavy atom. The lowest BCUT2D eigenvalue weighted by molar-refractivity contribution is 1.36. The lowest BCUT2D eigenvalue weighted by Gasteiger charge is -1.75. The highest BCUT2D eigenvalue weighted by Crippen LogP contribution is 2.40. The predicted octanol–water partition coefficient (Wildman–Crippen LogP) is 2.38. The summed E-state index contributed by atoms with van der Waals surface area (Å²) in [6.45, 7) is 0. The van der Waals surface area contributed by atoms with E-state index in [0.29, 0.717) is 0 Å². The molecule has 1 aliphatic rings. The van der Waals surface area contributed by atoms with Crippen LogP contribution in [-0.4, -0.2) is 0 Å². The number of rotatable bonds is 0. The first-order valence-electron chi connectivity index (χ1n) is 2.07. The fraction of sp³-hybridized carbons (Fsp3) is 0. The van der Waals surface area contributed by atoms with Crippen molar-refractivity contribution < 1.29 is 0 Å². The quantitative estimate of drug-likeness (QED) is 0.541. The van der Waals surface area contributed by atoms with Crippen LogP contribution in [0.5, 0.6) is 0 Å². The summed E-state index contributed by atoms with van der Waals surface area (Å²) in [6.07, 6.45) is 0. The van der Waals surface area contributed by atoms with Gasteiger partial charge in [-0.3, -0.25) is 0 Å². The fourth-order valence-electron chi connectivity index (χ4n) is 0.506. The van der Waals surface area contributed by atoms with Gasteiger partial charge < -0.3 is 0 Å². The summed E-state index contributed by atoms with van der Waals surface area (Å²) >= 11 is 4.89. The molecule has 1 nitrogen and oxygen atoms in total. The van der Waals surface area contributed by atoms with Crippen LogP contribution in [0.4, 0.5) is 0 Å². The summed E-state index contributed by atoms with van der Waals surface area (Å²) in [7, 11) is 0. The molecule has 0 N–H and O–H groups in total. The first-order valence-corrected chi connectivity index (χ1v) is 4.56. The number of thiophene rings is 1. The molecular formula is C4H2NS3.